The molecule has 708 valence electrons. The first-order chi connectivity index (χ1) is 62.0. The highest BCUT2D eigenvalue weighted by Crippen LogP contribution is 2.29. The van der Waals surface area contributed by atoms with E-state index in [1.54, 1.807) is 54.7 Å². The van der Waals surface area contributed by atoms with Gasteiger partial charge in [-0.3, -0.25) is 81.5 Å². The number of aliphatic hydroxyl groups excluding tert-OH is 1. The number of likely N-dealkylation sites (N-methyl/N-ethyl adjacent to an activating group) is 2. The summed E-state index contributed by atoms with van der Waals surface area (Å²) in [6.07, 6.45) is 1.06. The number of hydrogen-bond donors (Lipinski definition) is 16. The quantitative estimate of drug-likeness (QED) is 0.0387. The molecule has 9 rings (SSSR count). The van der Waals surface area contributed by atoms with Crippen LogP contribution in [0.1, 0.15) is 173 Å². The molecule has 0 spiro atoms. The summed E-state index contributed by atoms with van der Waals surface area (Å²) >= 11 is 0. The average molecular weight is 1810 g/mol. The van der Waals surface area contributed by atoms with Gasteiger partial charge in [-0.05, 0) is 130 Å². The molecule has 6 heterocycles. The minimum atomic E-state index is -1.83. The number of amides is 15. The number of nitrogens with two attached hydrogens (primary N) is 3. The van der Waals surface area contributed by atoms with Crippen molar-refractivity contribution in [3.63, 3.8) is 0 Å². The van der Waals surface area contributed by atoms with Crippen LogP contribution in [0.4, 0.5) is 4.39 Å². The average Bonchev–Trinajstić information content (AvgIpc) is 1.56. The number of unbranched alkanes of at least 4 members (excludes halogenated alkanes) is 2. The molecular formula is C90H126FN19O20. The first-order valence-corrected chi connectivity index (χ1v) is 44.9. The molecule has 0 radical (unpaired) electrons. The summed E-state index contributed by atoms with van der Waals surface area (Å²) in [5, 5.41) is 56.9. The maximum Gasteiger partial charge on any atom is 0.323 e. The highest BCUT2D eigenvalue weighted by Gasteiger charge is 2.47. The molecule has 130 heavy (non-hydrogen) atoms. The lowest BCUT2D eigenvalue weighted by Gasteiger charge is -2.38. The summed E-state index contributed by atoms with van der Waals surface area (Å²) in [6.45, 7) is 5.25. The molecule has 19 N–H and O–H groups in total. The molecule has 4 fully saturated rings. The predicted molar refractivity (Wildman–Crippen MR) is 473 cm³/mol. The fourth-order valence-electron chi connectivity index (χ4n) is 17.4. The highest BCUT2D eigenvalue weighted by molar-refractivity contribution is 6.02. The molecule has 0 bridgehead atoms. The summed E-state index contributed by atoms with van der Waals surface area (Å²) in [4.78, 5) is 256. The number of para-hydroxylation sites is 2. The standard InChI is InChI=1S/C90H126FN19O20/c1-7-9-23-69-82(122)100-62(40-51(3)4)78(118)95-37-17-15-28-75(113)97-64(41-52-29-31-55(91)32-30-52)88(128)108-38-18-16-26-70(108)83(123)103-66(45-74(94)112)89(129)109-39-19-27-71(109)84(124)104-67(46-93)81(121)99-61(33-34-76(114)115)87(127)110-49-56(111)44-73(110)85(125)101-63(42-53-47-96-59-22-13-11-20-57(53)59)80(120)98-60(35-36-92)79(119)102-65(86(126)106(6)72(24-10-8-2)90(130)105(69)5)43-54-48-107(50-77(116)117)68-25-14-12-21-58(54)68/h11-14,20-22,25,29-32,47-48,51,56,60-67,69-73,96,111H,7-10,15-19,23-24,26-28,33-46,49-50,92-93H2,1-6H3,(H2,94,112)(H,95,118)(H,97,113)(H,98,120)(H,99,121)(H,100,122)(H,101,125)(H,102,119)(H,103,123)(H,104,124)(H,114,115)(H,116,117)/t56-,60+,61+,62+,63+,64+,65+,66+,67+,69+,70+,71+,72+,73+/m1/s1. The third kappa shape index (κ3) is 27.3. The van der Waals surface area contributed by atoms with Gasteiger partial charge in [-0.1, -0.05) is 102 Å². The Labute approximate surface area is 752 Å². The van der Waals surface area contributed by atoms with Gasteiger partial charge < -0.3 is 114 Å². The Morgan fingerprint density at radius 1 is 0.515 bits per heavy atom. The van der Waals surface area contributed by atoms with Crippen LogP contribution in [0.3, 0.4) is 0 Å². The van der Waals surface area contributed by atoms with Crippen LogP contribution in [0.15, 0.2) is 85.2 Å². The molecule has 4 aliphatic rings. The summed E-state index contributed by atoms with van der Waals surface area (Å²) in [6, 6.07) is -0.798. The minimum Gasteiger partial charge on any atom is -0.481 e. The van der Waals surface area contributed by atoms with Crippen LogP contribution in [0.2, 0.25) is 0 Å². The van der Waals surface area contributed by atoms with Gasteiger partial charge in [0.05, 0.1) is 12.5 Å². The zero-order valence-electron chi connectivity index (χ0n) is 74.5. The second-order valence-electron chi connectivity index (χ2n) is 34.5. The van der Waals surface area contributed by atoms with E-state index < -0.39 is 236 Å². The van der Waals surface area contributed by atoms with Crippen LogP contribution in [0, 0.1) is 11.7 Å². The minimum absolute atomic E-state index is 0.00492. The third-order valence-electron chi connectivity index (χ3n) is 24.3. The summed E-state index contributed by atoms with van der Waals surface area (Å²) < 4.78 is 15.8. The summed E-state index contributed by atoms with van der Waals surface area (Å²) in [5.41, 5.74) is 20.4. The van der Waals surface area contributed by atoms with Crippen molar-refractivity contribution in [2.24, 2.45) is 23.1 Å². The number of aromatic nitrogens is 2. The van der Waals surface area contributed by atoms with E-state index in [2.05, 4.69) is 52.8 Å². The molecule has 4 aliphatic heterocycles. The Morgan fingerprint density at radius 3 is 1.72 bits per heavy atom. The monoisotopic (exact) mass is 1810 g/mol. The van der Waals surface area contributed by atoms with Gasteiger partial charge in [-0.15, -0.1) is 0 Å². The molecule has 5 aromatic rings. The largest absolute Gasteiger partial charge is 0.481 e. The van der Waals surface area contributed by atoms with Gasteiger partial charge in [0.15, 0.2) is 0 Å². The molecule has 3 aromatic carbocycles. The van der Waals surface area contributed by atoms with Crippen molar-refractivity contribution < 1.29 is 101 Å². The van der Waals surface area contributed by atoms with Gasteiger partial charge in [0.2, 0.25) is 88.6 Å². The van der Waals surface area contributed by atoms with E-state index in [0.29, 0.717) is 77.0 Å². The van der Waals surface area contributed by atoms with E-state index in [1.165, 1.54) is 63.8 Å². The number of carbonyl (C=O) groups excluding carboxylic acids is 15. The molecule has 15 amide bonds. The number of H-pyrrole nitrogens is 1. The van der Waals surface area contributed by atoms with Crippen molar-refractivity contribution in [3.05, 3.63) is 108 Å². The Hall–Kier alpha value is -12.5. The van der Waals surface area contributed by atoms with Crippen molar-refractivity contribution in [3.8, 4) is 0 Å². The number of aliphatic hydroxyl groups is 1. The smallest absolute Gasteiger partial charge is 0.323 e. The van der Waals surface area contributed by atoms with Gasteiger partial charge in [-0.25, -0.2) is 4.39 Å². The van der Waals surface area contributed by atoms with E-state index in [-0.39, 0.29) is 116 Å². The lowest BCUT2D eigenvalue weighted by molar-refractivity contribution is -0.149. The third-order valence-corrected chi connectivity index (χ3v) is 24.3. The Morgan fingerprint density at radius 2 is 1.07 bits per heavy atom. The molecule has 39 nitrogen and oxygen atoms in total. The lowest BCUT2D eigenvalue weighted by atomic mass is 9.97. The second-order valence-corrected chi connectivity index (χ2v) is 34.5. The van der Waals surface area contributed by atoms with Crippen molar-refractivity contribution in [2.75, 3.05) is 53.4 Å². The molecule has 14 atom stereocenters. The van der Waals surface area contributed by atoms with Crippen LogP contribution in [0.5, 0.6) is 0 Å². The van der Waals surface area contributed by atoms with Gasteiger partial charge in [0.25, 0.3) is 0 Å². The Balaban J connectivity index is 1.08. The number of piperidine rings is 1. The number of aromatic amines is 1. The van der Waals surface area contributed by atoms with E-state index in [1.807, 2.05) is 27.7 Å². The number of benzene rings is 3. The van der Waals surface area contributed by atoms with Crippen LogP contribution in [-0.2, 0) is 107 Å². The van der Waals surface area contributed by atoms with Gasteiger partial charge in [0.1, 0.15) is 90.9 Å². The van der Waals surface area contributed by atoms with Gasteiger partial charge in [-0.2, -0.15) is 0 Å². The number of carbonyl (C=O) groups is 17. The number of carboxylic acids is 2. The molecule has 40 heteroatoms. The maximum atomic E-state index is 15.9. The SMILES string of the molecule is CCCC[C@H]1C(=O)N(C)[C@@H](CCCC)C(=O)N[C@@H](CC(C)C)C(=O)NCCCCC(=O)N[C@@H](Cc2ccc(F)cc2)C(=O)N2CCCC[C@H]2C(=O)N[C@@H](CC(N)=O)C(=O)N2CCC[C@H]2C(=O)N[C@@H](CN)C(=O)N[C@@H](CCC(=O)O)C(=O)N2C[C@H](O)C[C@H]2C(=O)N[C@@H](Cc2c[nH]c3ccccc23)C(=O)N[C@@H](CCN)C(=O)N[C@@H](Cc2cn(CC(=O)O)c3ccccc23)C(=O)N1C. The van der Waals surface area contributed by atoms with E-state index in [9.17, 15) is 62.9 Å². The van der Waals surface area contributed by atoms with E-state index in [0.717, 1.165) is 9.80 Å². The fourth-order valence-corrected chi connectivity index (χ4v) is 17.4. The van der Waals surface area contributed by atoms with Crippen LogP contribution >= 0.6 is 0 Å². The Bertz CT molecular complexity index is 4890. The van der Waals surface area contributed by atoms with Crippen molar-refractivity contribution in [1.29, 1.82) is 0 Å². The Kier molecular flexibility index (Phi) is 37.6. The molecule has 2 aromatic heterocycles. The second kappa shape index (κ2) is 48.3. The predicted octanol–water partition coefficient (Wildman–Crippen LogP) is 0.0148. The number of rotatable bonds is 24. The van der Waals surface area contributed by atoms with Crippen molar-refractivity contribution in [1.82, 2.24) is 81.9 Å². The van der Waals surface area contributed by atoms with E-state index >= 15 is 38.4 Å². The first-order valence-electron chi connectivity index (χ1n) is 44.9. The number of carboxylic acid groups (broad SMARTS) is 2. The maximum absolute atomic E-state index is 15.9. The summed E-state index contributed by atoms with van der Waals surface area (Å²) in [5.74, 6) is -16.7. The van der Waals surface area contributed by atoms with Crippen LogP contribution < -0.4 is 65.1 Å². The lowest BCUT2D eigenvalue weighted by Crippen LogP contribution is -2.62. The molecule has 0 saturated carbocycles. The van der Waals surface area contributed by atoms with Gasteiger partial charge in [0, 0.05) is 120 Å². The topological polar surface area (TPSA) is 574 Å². The normalized spacial score (nSPS) is 25.3. The number of aliphatic carboxylic acids is 2. The number of halogens is 1. The van der Waals surface area contributed by atoms with Gasteiger partial charge >= 0.3 is 11.9 Å². The number of nitrogens with one attached hydrogen (secondary N) is 10. The highest BCUT2D eigenvalue weighted by atomic mass is 19.1. The number of hydrogen-bond acceptors (Lipinski definition) is 20. The number of primary amides is 1. The molecule has 0 unspecified atom stereocenters. The zero-order chi connectivity index (χ0) is 94.7. The summed E-state index contributed by atoms with van der Waals surface area (Å²) in [7, 11) is 2.78. The number of fused-ring (bicyclic) bond motifs is 5. The molecule has 0 aliphatic carbocycles. The first kappa shape index (κ1) is 101. The fraction of sp³-hybridized carbons (Fsp3) is 0.567. The van der Waals surface area contributed by atoms with E-state index in [4.69, 9.17) is 17.2 Å². The van der Waals surface area contributed by atoms with Crippen molar-refractivity contribution >= 4 is 122 Å². The number of nitrogens with zero attached hydrogens (tertiary/aromatic N) is 6. The molecular weight excluding hydrogens is 1690 g/mol. The van der Waals surface area contributed by atoms with Crippen LogP contribution in [-0.4, -0.2) is 288 Å². The molecule has 4 saturated heterocycles. The van der Waals surface area contributed by atoms with Crippen LogP contribution in [0.25, 0.3) is 21.8 Å². The van der Waals surface area contributed by atoms with Crippen molar-refractivity contribution in [2.45, 2.75) is 267 Å². The zero-order valence-corrected chi connectivity index (χ0v) is 74.5.